The van der Waals surface area contributed by atoms with Crippen LogP contribution in [0.5, 0.6) is 0 Å². The van der Waals surface area contributed by atoms with Crippen LogP contribution in [-0.2, 0) is 22.6 Å². The van der Waals surface area contributed by atoms with E-state index in [4.69, 9.17) is 15.2 Å². The second kappa shape index (κ2) is 8.11. The maximum absolute atomic E-state index is 5.57. The van der Waals surface area contributed by atoms with E-state index in [-0.39, 0.29) is 0 Å². The fourth-order valence-electron chi connectivity index (χ4n) is 1.73. The van der Waals surface area contributed by atoms with Gasteiger partial charge in [-0.25, -0.2) is 4.98 Å². The summed E-state index contributed by atoms with van der Waals surface area (Å²) in [6, 6.07) is 8.28. The van der Waals surface area contributed by atoms with E-state index in [1.165, 1.54) is 0 Å². The van der Waals surface area contributed by atoms with Gasteiger partial charge in [-0.2, -0.15) is 0 Å². The van der Waals surface area contributed by atoms with E-state index in [1.807, 2.05) is 12.3 Å². The molecule has 1 aromatic carbocycles. The molecule has 0 amide bonds. The van der Waals surface area contributed by atoms with Gasteiger partial charge in [0.2, 0.25) is 0 Å². The first kappa shape index (κ1) is 15.1. The van der Waals surface area contributed by atoms with Crippen molar-refractivity contribution >= 4 is 11.3 Å². The van der Waals surface area contributed by atoms with E-state index in [9.17, 15) is 0 Å². The Bertz CT molecular complexity index is 511. The van der Waals surface area contributed by atoms with Gasteiger partial charge in [-0.15, -0.1) is 11.3 Å². The number of thiazole rings is 1. The Morgan fingerprint density at radius 1 is 1.15 bits per heavy atom. The van der Waals surface area contributed by atoms with Crippen LogP contribution in [0.25, 0.3) is 10.6 Å². The Balaban J connectivity index is 1.86. The number of nitrogens with zero attached hydrogens (tertiary/aromatic N) is 1. The molecular formula is C15H20N2O2S. The molecule has 4 nitrogen and oxygen atoms in total. The Morgan fingerprint density at radius 3 is 2.55 bits per heavy atom. The molecule has 1 heterocycles. The lowest BCUT2D eigenvalue weighted by molar-refractivity contribution is 0.0453. The zero-order valence-electron chi connectivity index (χ0n) is 11.7. The Kier molecular flexibility index (Phi) is 6.14. The van der Waals surface area contributed by atoms with Crippen molar-refractivity contribution in [2.75, 3.05) is 19.8 Å². The molecular weight excluding hydrogens is 272 g/mol. The molecule has 2 aromatic rings. The summed E-state index contributed by atoms with van der Waals surface area (Å²) < 4.78 is 10.8. The van der Waals surface area contributed by atoms with E-state index in [1.54, 1.807) is 11.3 Å². The average Bonchev–Trinajstić information content (AvgIpc) is 2.97. The Labute approximate surface area is 123 Å². The highest BCUT2D eigenvalue weighted by molar-refractivity contribution is 7.13. The molecule has 0 unspecified atom stereocenters. The second-order valence-corrected chi connectivity index (χ2v) is 5.15. The normalized spacial score (nSPS) is 10.9. The van der Waals surface area contributed by atoms with Gasteiger partial charge >= 0.3 is 0 Å². The molecule has 20 heavy (non-hydrogen) atoms. The fraction of sp³-hybridized carbons (Fsp3) is 0.400. The molecule has 2 N–H and O–H groups in total. The molecule has 0 fully saturated rings. The zero-order chi connectivity index (χ0) is 14.2. The van der Waals surface area contributed by atoms with Gasteiger partial charge in [-0.3, -0.25) is 0 Å². The van der Waals surface area contributed by atoms with E-state index in [2.05, 4.69) is 29.2 Å². The summed E-state index contributed by atoms with van der Waals surface area (Å²) in [5, 5.41) is 3.01. The number of ether oxygens (including phenoxy) is 2. The summed E-state index contributed by atoms with van der Waals surface area (Å²) in [6.07, 6.45) is 0. The van der Waals surface area contributed by atoms with Gasteiger partial charge in [0.05, 0.1) is 25.5 Å². The van der Waals surface area contributed by atoms with E-state index in [0.717, 1.165) is 28.4 Å². The maximum Gasteiger partial charge on any atom is 0.123 e. The molecule has 0 saturated carbocycles. The van der Waals surface area contributed by atoms with Gasteiger partial charge in [0.1, 0.15) is 5.01 Å². The van der Waals surface area contributed by atoms with Crippen LogP contribution in [0.15, 0.2) is 29.6 Å². The molecule has 0 saturated heterocycles. The van der Waals surface area contributed by atoms with Crippen molar-refractivity contribution in [1.29, 1.82) is 0 Å². The van der Waals surface area contributed by atoms with Crippen LogP contribution in [0.4, 0.5) is 0 Å². The highest BCUT2D eigenvalue weighted by atomic mass is 32.1. The standard InChI is InChI=1S/C15H20N2O2S/c1-2-18-7-8-19-10-12-3-5-13(6-4-12)15-17-14(9-16)11-20-15/h3-6,11H,2,7-10,16H2,1H3. The molecule has 0 radical (unpaired) electrons. The second-order valence-electron chi connectivity index (χ2n) is 4.29. The van der Waals surface area contributed by atoms with Crippen LogP contribution < -0.4 is 5.73 Å². The summed E-state index contributed by atoms with van der Waals surface area (Å²) in [4.78, 5) is 4.47. The average molecular weight is 292 g/mol. The van der Waals surface area contributed by atoms with Gasteiger partial charge < -0.3 is 15.2 Å². The summed E-state index contributed by atoms with van der Waals surface area (Å²) in [7, 11) is 0. The van der Waals surface area contributed by atoms with Gasteiger partial charge in [0.25, 0.3) is 0 Å². The minimum Gasteiger partial charge on any atom is -0.379 e. The molecule has 0 aliphatic carbocycles. The SMILES string of the molecule is CCOCCOCc1ccc(-c2nc(CN)cs2)cc1. The minimum absolute atomic E-state index is 0.488. The molecule has 1 aromatic heterocycles. The molecule has 0 atom stereocenters. The number of aromatic nitrogens is 1. The number of hydrogen-bond acceptors (Lipinski definition) is 5. The van der Waals surface area contributed by atoms with E-state index in [0.29, 0.717) is 26.4 Å². The lowest BCUT2D eigenvalue weighted by atomic mass is 10.1. The lowest BCUT2D eigenvalue weighted by Crippen LogP contribution is -2.03. The van der Waals surface area contributed by atoms with Crippen molar-refractivity contribution in [3.8, 4) is 10.6 Å². The summed E-state index contributed by atoms with van der Waals surface area (Å²) in [5.41, 5.74) is 8.78. The predicted molar refractivity (Wildman–Crippen MR) is 81.6 cm³/mol. The lowest BCUT2D eigenvalue weighted by Gasteiger charge is -2.05. The molecule has 0 spiro atoms. The molecule has 0 aliphatic rings. The first-order valence-corrected chi connectivity index (χ1v) is 7.60. The van der Waals surface area contributed by atoms with E-state index >= 15 is 0 Å². The highest BCUT2D eigenvalue weighted by Crippen LogP contribution is 2.24. The summed E-state index contributed by atoms with van der Waals surface area (Å²) in [5.74, 6) is 0. The third-order valence-electron chi connectivity index (χ3n) is 2.81. The first-order chi connectivity index (χ1) is 9.83. The maximum atomic E-state index is 5.57. The monoisotopic (exact) mass is 292 g/mol. The van der Waals surface area contributed by atoms with Crippen LogP contribution in [0.3, 0.4) is 0 Å². The van der Waals surface area contributed by atoms with Crippen LogP contribution in [-0.4, -0.2) is 24.8 Å². The first-order valence-electron chi connectivity index (χ1n) is 6.72. The van der Waals surface area contributed by atoms with Crippen molar-refractivity contribution in [1.82, 2.24) is 4.98 Å². The largest absolute Gasteiger partial charge is 0.379 e. The molecule has 0 bridgehead atoms. The number of benzene rings is 1. The van der Waals surface area contributed by atoms with Crippen molar-refractivity contribution < 1.29 is 9.47 Å². The summed E-state index contributed by atoms with van der Waals surface area (Å²) in [6.45, 7) is 5.09. The number of rotatable bonds is 8. The smallest absolute Gasteiger partial charge is 0.123 e. The van der Waals surface area contributed by atoms with Gasteiger partial charge in [0.15, 0.2) is 0 Å². The molecule has 5 heteroatoms. The van der Waals surface area contributed by atoms with Gasteiger partial charge in [-0.1, -0.05) is 24.3 Å². The van der Waals surface area contributed by atoms with Crippen molar-refractivity contribution in [3.05, 3.63) is 40.9 Å². The fourth-order valence-corrected chi connectivity index (χ4v) is 2.57. The van der Waals surface area contributed by atoms with Crippen LogP contribution in [0.2, 0.25) is 0 Å². The van der Waals surface area contributed by atoms with Crippen LogP contribution in [0.1, 0.15) is 18.2 Å². The Morgan fingerprint density at radius 2 is 1.90 bits per heavy atom. The highest BCUT2D eigenvalue weighted by Gasteiger charge is 2.03. The summed E-state index contributed by atoms with van der Waals surface area (Å²) >= 11 is 1.62. The molecule has 108 valence electrons. The van der Waals surface area contributed by atoms with Crippen molar-refractivity contribution in [3.63, 3.8) is 0 Å². The zero-order valence-corrected chi connectivity index (χ0v) is 12.5. The predicted octanol–water partition coefficient (Wildman–Crippen LogP) is 2.82. The number of nitrogens with two attached hydrogens (primary N) is 1. The third kappa shape index (κ3) is 4.38. The topological polar surface area (TPSA) is 57.4 Å². The molecule has 2 rings (SSSR count). The Hall–Kier alpha value is -1.27. The van der Waals surface area contributed by atoms with Crippen molar-refractivity contribution in [2.45, 2.75) is 20.1 Å². The van der Waals surface area contributed by atoms with Crippen LogP contribution in [0, 0.1) is 0 Å². The minimum atomic E-state index is 0.488. The van der Waals surface area contributed by atoms with Crippen molar-refractivity contribution in [2.24, 2.45) is 5.73 Å². The van der Waals surface area contributed by atoms with Gasteiger partial charge in [-0.05, 0) is 12.5 Å². The van der Waals surface area contributed by atoms with E-state index < -0.39 is 0 Å². The quantitative estimate of drug-likeness (QED) is 0.760. The third-order valence-corrected chi connectivity index (χ3v) is 3.75. The van der Waals surface area contributed by atoms with Crippen LogP contribution >= 0.6 is 11.3 Å². The molecule has 0 aliphatic heterocycles. The van der Waals surface area contributed by atoms with Gasteiger partial charge in [0, 0.05) is 24.1 Å². The number of hydrogen-bond donors (Lipinski definition) is 1.